The lowest BCUT2D eigenvalue weighted by Crippen LogP contribution is -2.32. The van der Waals surface area contributed by atoms with Crippen molar-refractivity contribution in [2.45, 2.75) is 0 Å². The predicted molar refractivity (Wildman–Crippen MR) is 35.0 cm³/mol. The summed E-state index contributed by atoms with van der Waals surface area (Å²) < 4.78 is 4.79. The summed E-state index contributed by atoms with van der Waals surface area (Å²) in [6, 6.07) is 3.20. The van der Waals surface area contributed by atoms with Crippen LogP contribution in [0.4, 0.5) is 0 Å². The second-order valence-corrected chi connectivity index (χ2v) is 1.89. The number of hydrogen-bond donors (Lipinski definition) is 1. The molecule has 0 aliphatic rings. The molecule has 2 N–H and O–H groups in total. The van der Waals surface area contributed by atoms with Crippen LogP contribution in [-0.2, 0) is 0 Å². The molecule has 1 aromatic heterocycles. The molecular weight excluding hydrogens is 132 g/mol. The highest BCUT2D eigenvalue weighted by Gasteiger charge is 2.09. The quantitative estimate of drug-likeness (QED) is 0.345. The Morgan fingerprint density at radius 2 is 2.50 bits per heavy atom. The van der Waals surface area contributed by atoms with Gasteiger partial charge in [-0.05, 0) is 12.1 Å². The smallest absolute Gasteiger partial charge is 0.303 e. The van der Waals surface area contributed by atoms with E-state index in [0.717, 1.165) is 5.01 Å². The predicted octanol–water partition coefficient (Wildman–Crippen LogP) is 0.225. The average Bonchev–Trinajstić information content (AvgIpc) is 2.36. The maximum Gasteiger partial charge on any atom is 0.303 e. The third kappa shape index (κ3) is 1.16. The first-order valence-corrected chi connectivity index (χ1v) is 2.78. The summed E-state index contributed by atoms with van der Waals surface area (Å²) in [5, 5.41) is 0.971. The number of hydrogen-bond acceptors (Lipinski definition) is 3. The SMILES string of the molecule is CN(N)C(=O)c1ccco1. The minimum atomic E-state index is -0.329. The Balaban J connectivity index is 2.78. The molecule has 0 saturated carbocycles. The summed E-state index contributed by atoms with van der Waals surface area (Å²) in [7, 11) is 1.46. The maximum atomic E-state index is 10.9. The van der Waals surface area contributed by atoms with Crippen LogP contribution in [0.5, 0.6) is 0 Å². The van der Waals surface area contributed by atoms with Crippen LogP contribution in [0.15, 0.2) is 22.8 Å². The van der Waals surface area contributed by atoms with Crippen LogP contribution in [0, 0.1) is 0 Å². The van der Waals surface area contributed by atoms with Gasteiger partial charge in [0, 0.05) is 7.05 Å². The zero-order valence-electron chi connectivity index (χ0n) is 5.57. The molecule has 0 aliphatic heterocycles. The molecule has 54 valence electrons. The molecule has 0 unspecified atom stereocenters. The van der Waals surface area contributed by atoms with Crippen LogP contribution in [0.25, 0.3) is 0 Å². The van der Waals surface area contributed by atoms with Gasteiger partial charge in [-0.15, -0.1) is 0 Å². The van der Waals surface area contributed by atoms with Crippen LogP contribution >= 0.6 is 0 Å². The van der Waals surface area contributed by atoms with Crippen LogP contribution in [0.2, 0.25) is 0 Å². The van der Waals surface area contributed by atoms with Gasteiger partial charge in [0.15, 0.2) is 5.76 Å². The fraction of sp³-hybridized carbons (Fsp3) is 0.167. The number of rotatable bonds is 1. The number of nitrogens with two attached hydrogens (primary N) is 1. The third-order valence-electron chi connectivity index (χ3n) is 1.05. The molecule has 1 heterocycles. The van der Waals surface area contributed by atoms with Gasteiger partial charge in [-0.1, -0.05) is 0 Å². The highest BCUT2D eigenvalue weighted by Crippen LogP contribution is 2.00. The Morgan fingerprint density at radius 3 is 2.90 bits per heavy atom. The Bertz CT molecular complexity index is 216. The number of furan rings is 1. The van der Waals surface area contributed by atoms with Crippen molar-refractivity contribution in [3.63, 3.8) is 0 Å². The molecule has 0 radical (unpaired) electrons. The van der Waals surface area contributed by atoms with Crippen molar-refractivity contribution < 1.29 is 9.21 Å². The Hall–Kier alpha value is -1.29. The van der Waals surface area contributed by atoms with Gasteiger partial charge in [-0.2, -0.15) is 0 Å². The van der Waals surface area contributed by atoms with E-state index in [4.69, 9.17) is 10.3 Å². The molecule has 4 nitrogen and oxygen atoms in total. The van der Waals surface area contributed by atoms with Gasteiger partial charge in [0.25, 0.3) is 0 Å². The van der Waals surface area contributed by atoms with Gasteiger partial charge in [0.1, 0.15) is 0 Å². The van der Waals surface area contributed by atoms with Crippen LogP contribution in [0.1, 0.15) is 10.6 Å². The molecule has 1 rings (SSSR count). The van der Waals surface area contributed by atoms with Crippen molar-refractivity contribution in [3.8, 4) is 0 Å². The van der Waals surface area contributed by atoms with Gasteiger partial charge in [0.05, 0.1) is 6.26 Å². The molecular formula is C6H8N2O2. The standard InChI is InChI=1S/C6H8N2O2/c1-8(7)6(9)5-3-2-4-10-5/h2-4H,7H2,1H3. The normalized spacial score (nSPS) is 9.40. The van der Waals surface area contributed by atoms with Crippen molar-refractivity contribution >= 4 is 5.91 Å². The molecule has 0 aliphatic carbocycles. The molecule has 0 atom stereocenters. The maximum absolute atomic E-state index is 10.9. The minimum absolute atomic E-state index is 0.255. The van der Waals surface area contributed by atoms with E-state index in [1.54, 1.807) is 12.1 Å². The van der Waals surface area contributed by atoms with Gasteiger partial charge in [-0.25, -0.2) is 5.84 Å². The van der Waals surface area contributed by atoms with Gasteiger partial charge in [0.2, 0.25) is 0 Å². The van der Waals surface area contributed by atoms with Gasteiger partial charge >= 0.3 is 5.91 Å². The Kier molecular flexibility index (Phi) is 1.73. The fourth-order valence-electron chi connectivity index (χ4n) is 0.574. The van der Waals surface area contributed by atoms with E-state index in [0.29, 0.717) is 0 Å². The highest BCUT2D eigenvalue weighted by atomic mass is 16.3. The summed E-state index contributed by atoms with van der Waals surface area (Å²) in [6.45, 7) is 0. The molecule has 0 spiro atoms. The Morgan fingerprint density at radius 1 is 1.80 bits per heavy atom. The van der Waals surface area contributed by atoms with Crippen molar-refractivity contribution in [3.05, 3.63) is 24.2 Å². The molecule has 0 saturated heterocycles. The number of carbonyl (C=O) groups excluding carboxylic acids is 1. The molecule has 0 bridgehead atoms. The van der Waals surface area contributed by atoms with Crippen LogP contribution in [-0.4, -0.2) is 18.0 Å². The molecule has 1 aromatic rings. The first kappa shape index (κ1) is 6.82. The van der Waals surface area contributed by atoms with E-state index in [9.17, 15) is 4.79 Å². The van der Waals surface area contributed by atoms with E-state index in [1.807, 2.05) is 0 Å². The molecule has 0 aromatic carbocycles. The third-order valence-corrected chi connectivity index (χ3v) is 1.05. The van der Waals surface area contributed by atoms with Gasteiger partial charge in [-0.3, -0.25) is 9.80 Å². The average molecular weight is 140 g/mol. The Labute approximate surface area is 58.2 Å². The summed E-state index contributed by atoms with van der Waals surface area (Å²) in [5.74, 6) is 5.08. The molecule has 4 heteroatoms. The van der Waals surface area contributed by atoms with E-state index in [1.165, 1.54) is 13.3 Å². The van der Waals surface area contributed by atoms with Crippen molar-refractivity contribution in [2.75, 3.05) is 7.05 Å². The number of hydrazine groups is 1. The number of amides is 1. The first-order valence-electron chi connectivity index (χ1n) is 2.78. The second kappa shape index (κ2) is 2.53. The summed E-state index contributed by atoms with van der Waals surface area (Å²) in [6.07, 6.45) is 1.43. The lowest BCUT2D eigenvalue weighted by Gasteiger charge is -2.05. The molecule has 0 fully saturated rings. The summed E-state index contributed by atoms with van der Waals surface area (Å²) >= 11 is 0. The van der Waals surface area contributed by atoms with Crippen molar-refractivity contribution in [2.24, 2.45) is 5.84 Å². The van der Waals surface area contributed by atoms with Crippen LogP contribution in [0.3, 0.4) is 0 Å². The monoisotopic (exact) mass is 140 g/mol. The van der Waals surface area contributed by atoms with Crippen molar-refractivity contribution in [1.29, 1.82) is 0 Å². The fourth-order valence-corrected chi connectivity index (χ4v) is 0.574. The minimum Gasteiger partial charge on any atom is -0.459 e. The van der Waals surface area contributed by atoms with Crippen molar-refractivity contribution in [1.82, 2.24) is 5.01 Å². The lowest BCUT2D eigenvalue weighted by molar-refractivity contribution is 0.0763. The molecule has 10 heavy (non-hydrogen) atoms. The topological polar surface area (TPSA) is 59.5 Å². The molecule has 1 amide bonds. The summed E-state index contributed by atoms with van der Waals surface area (Å²) in [4.78, 5) is 10.9. The zero-order chi connectivity index (χ0) is 7.56. The number of carbonyl (C=O) groups is 1. The van der Waals surface area contributed by atoms with E-state index >= 15 is 0 Å². The first-order chi connectivity index (χ1) is 4.72. The van der Waals surface area contributed by atoms with E-state index < -0.39 is 0 Å². The van der Waals surface area contributed by atoms with Gasteiger partial charge < -0.3 is 4.42 Å². The second-order valence-electron chi connectivity index (χ2n) is 1.89. The van der Waals surface area contributed by atoms with Crippen LogP contribution < -0.4 is 5.84 Å². The van der Waals surface area contributed by atoms with E-state index in [-0.39, 0.29) is 11.7 Å². The highest BCUT2D eigenvalue weighted by molar-refractivity contribution is 5.90. The number of nitrogens with zero attached hydrogens (tertiary/aromatic N) is 1. The zero-order valence-corrected chi connectivity index (χ0v) is 5.57. The summed E-state index contributed by atoms with van der Waals surface area (Å²) in [5.41, 5.74) is 0. The van der Waals surface area contributed by atoms with E-state index in [2.05, 4.69) is 0 Å². The largest absolute Gasteiger partial charge is 0.459 e. The lowest BCUT2D eigenvalue weighted by atomic mass is 10.4.